The summed E-state index contributed by atoms with van der Waals surface area (Å²) in [4.78, 5) is 15.7. The van der Waals surface area contributed by atoms with Gasteiger partial charge in [0.1, 0.15) is 22.3 Å². The van der Waals surface area contributed by atoms with E-state index in [2.05, 4.69) is 152 Å². The second kappa shape index (κ2) is 14.7. The molecular formula is C57H35N3O2. The minimum absolute atomic E-state index is 0.555. The van der Waals surface area contributed by atoms with Gasteiger partial charge in [0.15, 0.2) is 17.5 Å². The first-order valence-electron chi connectivity index (χ1n) is 20.8. The smallest absolute Gasteiger partial charge is 0.164 e. The lowest BCUT2D eigenvalue weighted by molar-refractivity contribution is 0.668. The van der Waals surface area contributed by atoms with E-state index < -0.39 is 0 Å². The fourth-order valence-corrected chi connectivity index (χ4v) is 8.89. The van der Waals surface area contributed by atoms with Crippen LogP contribution in [0.15, 0.2) is 221 Å². The van der Waals surface area contributed by atoms with Crippen LogP contribution in [0.5, 0.6) is 0 Å². The Balaban J connectivity index is 1.05. The minimum Gasteiger partial charge on any atom is -0.456 e. The maximum absolute atomic E-state index is 6.59. The number of hydrogen-bond donors (Lipinski definition) is 0. The van der Waals surface area contributed by atoms with E-state index in [9.17, 15) is 0 Å². The quantitative estimate of drug-likeness (QED) is 0.161. The molecule has 0 saturated carbocycles. The van der Waals surface area contributed by atoms with Crippen molar-refractivity contribution in [3.05, 3.63) is 212 Å². The van der Waals surface area contributed by atoms with Crippen molar-refractivity contribution in [2.24, 2.45) is 0 Å². The first-order chi connectivity index (χ1) is 30.7. The standard InChI is InChI=1S/C57H35N3O2/c1-4-16-36(17-5-1)39-30-32-49-47(34-39)53-45(26-14-28-51(53)61-49)56-58-55(38-20-8-3-9-21-38)59-57(60-56)46-27-15-29-52-54(46)48-35-40(31-33-50(48)62-52)42-23-11-13-25-44(42)43-24-12-10-22-41(43)37-18-6-2-7-19-37/h1-35H. The Labute approximate surface area is 357 Å². The van der Waals surface area contributed by atoms with Crippen LogP contribution in [0.2, 0.25) is 0 Å². The molecular weight excluding hydrogens is 759 g/mol. The lowest BCUT2D eigenvalue weighted by Crippen LogP contribution is -2.00. The van der Waals surface area contributed by atoms with Crippen molar-refractivity contribution in [3.63, 3.8) is 0 Å². The summed E-state index contributed by atoms with van der Waals surface area (Å²) in [6.45, 7) is 0. The first kappa shape index (κ1) is 35.5. The topological polar surface area (TPSA) is 65.0 Å². The zero-order chi connectivity index (χ0) is 41.0. The van der Waals surface area contributed by atoms with Crippen LogP contribution in [-0.4, -0.2) is 15.0 Å². The molecule has 0 aliphatic carbocycles. The number of aromatic nitrogens is 3. The first-order valence-corrected chi connectivity index (χ1v) is 20.8. The fourth-order valence-electron chi connectivity index (χ4n) is 8.89. The lowest BCUT2D eigenvalue weighted by Gasteiger charge is -2.15. The molecule has 3 aromatic heterocycles. The summed E-state index contributed by atoms with van der Waals surface area (Å²) in [5, 5.41) is 3.89. The maximum atomic E-state index is 6.59. The molecule has 12 rings (SSSR count). The van der Waals surface area contributed by atoms with Crippen molar-refractivity contribution < 1.29 is 8.83 Å². The number of fused-ring (bicyclic) bond motifs is 6. The number of furan rings is 2. The van der Waals surface area contributed by atoms with Gasteiger partial charge in [0.05, 0.1) is 0 Å². The molecule has 12 aromatic rings. The molecule has 0 N–H and O–H groups in total. The van der Waals surface area contributed by atoms with Gasteiger partial charge in [-0.15, -0.1) is 0 Å². The number of hydrogen-bond acceptors (Lipinski definition) is 5. The summed E-state index contributed by atoms with van der Waals surface area (Å²) in [6.07, 6.45) is 0. The van der Waals surface area contributed by atoms with E-state index in [0.717, 1.165) is 88.4 Å². The highest BCUT2D eigenvalue weighted by Gasteiger charge is 2.22. The number of rotatable bonds is 7. The third-order valence-corrected chi connectivity index (χ3v) is 11.8. The van der Waals surface area contributed by atoms with E-state index in [1.165, 1.54) is 16.7 Å². The van der Waals surface area contributed by atoms with Crippen molar-refractivity contribution in [3.8, 4) is 78.7 Å². The third kappa shape index (κ3) is 6.06. The Morgan fingerprint density at radius 1 is 0.242 bits per heavy atom. The van der Waals surface area contributed by atoms with E-state index in [0.29, 0.717) is 17.5 Å². The second-order valence-corrected chi connectivity index (χ2v) is 15.5. The highest BCUT2D eigenvalue weighted by molar-refractivity contribution is 6.14. The monoisotopic (exact) mass is 793 g/mol. The Bertz CT molecular complexity index is 3630. The van der Waals surface area contributed by atoms with E-state index >= 15 is 0 Å². The molecule has 0 fully saturated rings. The minimum atomic E-state index is 0.555. The van der Waals surface area contributed by atoms with E-state index in [1.807, 2.05) is 60.7 Å². The average molecular weight is 794 g/mol. The highest BCUT2D eigenvalue weighted by atomic mass is 16.3. The van der Waals surface area contributed by atoms with Crippen LogP contribution in [-0.2, 0) is 0 Å². The largest absolute Gasteiger partial charge is 0.456 e. The van der Waals surface area contributed by atoms with Gasteiger partial charge in [-0.3, -0.25) is 0 Å². The van der Waals surface area contributed by atoms with Crippen molar-refractivity contribution in [2.75, 3.05) is 0 Å². The molecule has 0 aliphatic rings. The van der Waals surface area contributed by atoms with Crippen LogP contribution in [0.1, 0.15) is 0 Å². The predicted octanol–water partition coefficient (Wildman–Crippen LogP) is 15.3. The SMILES string of the molecule is c1ccc(-c2ccc3oc4cccc(-c5nc(-c6ccccc6)nc(-c6cccc7oc8ccc(-c9ccccc9-c9ccccc9-c9ccccc9)cc8c67)n5)c4c3c2)cc1. The van der Waals surface area contributed by atoms with Crippen LogP contribution in [0.3, 0.4) is 0 Å². The average Bonchev–Trinajstić information content (AvgIpc) is 3.93. The molecule has 0 radical (unpaired) electrons. The number of benzene rings is 9. The van der Waals surface area contributed by atoms with Gasteiger partial charge < -0.3 is 8.83 Å². The molecule has 0 aliphatic heterocycles. The van der Waals surface area contributed by atoms with Crippen molar-refractivity contribution in [1.29, 1.82) is 0 Å². The van der Waals surface area contributed by atoms with Gasteiger partial charge in [-0.25, -0.2) is 15.0 Å². The molecule has 0 unspecified atom stereocenters. The van der Waals surface area contributed by atoms with Gasteiger partial charge in [0, 0.05) is 38.2 Å². The van der Waals surface area contributed by atoms with Gasteiger partial charge in [-0.05, 0) is 80.9 Å². The van der Waals surface area contributed by atoms with Crippen molar-refractivity contribution >= 4 is 43.9 Å². The zero-order valence-electron chi connectivity index (χ0n) is 33.4. The summed E-state index contributed by atoms with van der Waals surface area (Å²) in [5.41, 5.74) is 14.9. The van der Waals surface area contributed by atoms with Gasteiger partial charge in [-0.1, -0.05) is 176 Å². The van der Waals surface area contributed by atoms with E-state index in [1.54, 1.807) is 0 Å². The molecule has 62 heavy (non-hydrogen) atoms. The van der Waals surface area contributed by atoms with Crippen molar-refractivity contribution in [1.82, 2.24) is 15.0 Å². The van der Waals surface area contributed by atoms with Crippen LogP contribution in [0, 0.1) is 0 Å². The Kier molecular flexibility index (Phi) is 8.42. The molecule has 5 nitrogen and oxygen atoms in total. The van der Waals surface area contributed by atoms with Gasteiger partial charge in [-0.2, -0.15) is 0 Å². The summed E-state index contributed by atoms with van der Waals surface area (Å²) in [5.74, 6) is 1.69. The van der Waals surface area contributed by atoms with Crippen LogP contribution < -0.4 is 0 Å². The third-order valence-electron chi connectivity index (χ3n) is 11.8. The van der Waals surface area contributed by atoms with E-state index in [4.69, 9.17) is 23.8 Å². The van der Waals surface area contributed by atoms with Crippen LogP contribution in [0.25, 0.3) is 123 Å². The van der Waals surface area contributed by atoms with Crippen LogP contribution in [0.4, 0.5) is 0 Å². The molecule has 5 heteroatoms. The second-order valence-electron chi connectivity index (χ2n) is 15.5. The normalized spacial score (nSPS) is 11.5. The molecule has 0 spiro atoms. The molecule has 0 amide bonds. The Morgan fingerprint density at radius 2 is 0.645 bits per heavy atom. The molecule has 290 valence electrons. The fraction of sp³-hybridized carbons (Fsp3) is 0. The summed E-state index contributed by atoms with van der Waals surface area (Å²) < 4.78 is 13.0. The molecule has 0 saturated heterocycles. The molecule has 9 aromatic carbocycles. The van der Waals surface area contributed by atoms with Crippen molar-refractivity contribution in [2.45, 2.75) is 0 Å². The zero-order valence-corrected chi connectivity index (χ0v) is 33.4. The molecule has 3 heterocycles. The van der Waals surface area contributed by atoms with Gasteiger partial charge in [0.2, 0.25) is 0 Å². The molecule has 0 bridgehead atoms. The number of nitrogens with zero attached hydrogens (tertiary/aromatic N) is 3. The molecule has 0 atom stereocenters. The Hall–Kier alpha value is -8.41. The lowest BCUT2D eigenvalue weighted by atomic mass is 9.89. The summed E-state index contributed by atoms with van der Waals surface area (Å²) >= 11 is 0. The summed E-state index contributed by atoms with van der Waals surface area (Å²) in [7, 11) is 0. The van der Waals surface area contributed by atoms with Gasteiger partial charge >= 0.3 is 0 Å². The maximum Gasteiger partial charge on any atom is 0.164 e. The Morgan fingerprint density at radius 3 is 1.19 bits per heavy atom. The van der Waals surface area contributed by atoms with E-state index in [-0.39, 0.29) is 0 Å². The van der Waals surface area contributed by atoms with Crippen LogP contribution >= 0.6 is 0 Å². The van der Waals surface area contributed by atoms with Gasteiger partial charge in [0.25, 0.3) is 0 Å². The highest BCUT2D eigenvalue weighted by Crippen LogP contribution is 2.43. The predicted molar refractivity (Wildman–Crippen MR) is 252 cm³/mol. The summed E-state index contributed by atoms with van der Waals surface area (Å²) in [6, 6.07) is 73.4.